The largest absolute Gasteiger partial charge is 0.317 e. The Balaban J connectivity index is 0.00000180. The molecular formula is C14H21ClF2N2. The summed E-state index contributed by atoms with van der Waals surface area (Å²) in [6.07, 6.45) is 2.35. The van der Waals surface area contributed by atoms with Crippen molar-refractivity contribution < 1.29 is 8.78 Å². The van der Waals surface area contributed by atoms with E-state index in [1.54, 1.807) is 0 Å². The van der Waals surface area contributed by atoms with Gasteiger partial charge in [0.25, 0.3) is 0 Å². The second-order valence-electron chi connectivity index (χ2n) is 5.13. The maximum Gasteiger partial charge on any atom is 0.130 e. The number of rotatable bonds is 4. The molecule has 0 unspecified atom stereocenters. The fraction of sp³-hybridized carbons (Fsp3) is 0.571. The average molecular weight is 291 g/mol. The molecule has 0 spiro atoms. The van der Waals surface area contributed by atoms with Crippen LogP contribution in [0.1, 0.15) is 18.4 Å². The molecule has 0 aromatic heterocycles. The molecule has 0 radical (unpaired) electrons. The summed E-state index contributed by atoms with van der Waals surface area (Å²) in [6.45, 7) is 3.65. The van der Waals surface area contributed by atoms with E-state index in [-0.39, 0.29) is 12.4 Å². The Bertz CT molecular complexity index is 395. The molecule has 0 atom stereocenters. The van der Waals surface area contributed by atoms with E-state index in [0.717, 1.165) is 25.7 Å². The summed E-state index contributed by atoms with van der Waals surface area (Å²) in [7, 11) is 1.99. The molecule has 19 heavy (non-hydrogen) atoms. The zero-order valence-corrected chi connectivity index (χ0v) is 12.0. The Morgan fingerprint density at radius 2 is 1.95 bits per heavy atom. The predicted molar refractivity (Wildman–Crippen MR) is 75.5 cm³/mol. The standard InChI is InChI=1S/C14H20F2N2.ClH/c1-18(9-11-4-6-17-7-5-11)10-12-2-3-13(15)8-14(12)16;/h2-3,8,11,17H,4-7,9-10H2,1H3;1H. The lowest BCUT2D eigenvalue weighted by Crippen LogP contribution is -2.34. The highest BCUT2D eigenvalue weighted by Crippen LogP contribution is 2.16. The van der Waals surface area contributed by atoms with E-state index in [1.807, 2.05) is 7.05 Å². The summed E-state index contributed by atoms with van der Waals surface area (Å²) in [5, 5.41) is 3.33. The van der Waals surface area contributed by atoms with Crippen LogP contribution in [0.2, 0.25) is 0 Å². The van der Waals surface area contributed by atoms with Crippen LogP contribution in [0.25, 0.3) is 0 Å². The Hall–Kier alpha value is -0.710. The van der Waals surface area contributed by atoms with Crippen LogP contribution in [0, 0.1) is 17.6 Å². The zero-order chi connectivity index (χ0) is 13.0. The second-order valence-corrected chi connectivity index (χ2v) is 5.13. The van der Waals surface area contributed by atoms with Crippen LogP contribution in [0.4, 0.5) is 8.78 Å². The number of benzene rings is 1. The first-order chi connectivity index (χ1) is 8.65. The third-order valence-electron chi connectivity index (χ3n) is 3.48. The fourth-order valence-electron chi connectivity index (χ4n) is 2.51. The molecule has 1 aliphatic heterocycles. The lowest BCUT2D eigenvalue weighted by molar-refractivity contribution is 0.232. The molecule has 1 heterocycles. The number of nitrogens with zero attached hydrogens (tertiary/aromatic N) is 1. The van der Waals surface area contributed by atoms with Crippen molar-refractivity contribution in [2.45, 2.75) is 19.4 Å². The van der Waals surface area contributed by atoms with E-state index in [1.165, 1.54) is 25.0 Å². The number of nitrogens with one attached hydrogen (secondary N) is 1. The van der Waals surface area contributed by atoms with Crippen molar-refractivity contribution in [3.8, 4) is 0 Å². The van der Waals surface area contributed by atoms with E-state index in [4.69, 9.17) is 0 Å². The van der Waals surface area contributed by atoms with Gasteiger partial charge in [-0.1, -0.05) is 6.07 Å². The van der Waals surface area contributed by atoms with Crippen LogP contribution in [0.15, 0.2) is 18.2 Å². The molecule has 1 aliphatic rings. The number of hydrogen-bond donors (Lipinski definition) is 1. The third kappa shape index (κ3) is 5.05. The number of hydrogen-bond acceptors (Lipinski definition) is 2. The summed E-state index contributed by atoms with van der Waals surface area (Å²) >= 11 is 0. The van der Waals surface area contributed by atoms with Gasteiger partial charge in [0.05, 0.1) is 0 Å². The normalized spacial score (nSPS) is 16.4. The van der Waals surface area contributed by atoms with Crippen LogP contribution < -0.4 is 5.32 Å². The van der Waals surface area contributed by atoms with Crippen LogP contribution in [0.3, 0.4) is 0 Å². The van der Waals surface area contributed by atoms with Gasteiger partial charge in [-0.05, 0) is 45.0 Å². The summed E-state index contributed by atoms with van der Waals surface area (Å²) < 4.78 is 26.3. The highest BCUT2D eigenvalue weighted by atomic mass is 35.5. The maximum absolute atomic E-state index is 13.5. The molecule has 0 amide bonds. The topological polar surface area (TPSA) is 15.3 Å². The van der Waals surface area contributed by atoms with Crippen LogP contribution >= 0.6 is 12.4 Å². The first-order valence-electron chi connectivity index (χ1n) is 6.48. The lowest BCUT2D eigenvalue weighted by Gasteiger charge is -2.27. The van der Waals surface area contributed by atoms with Gasteiger partial charge >= 0.3 is 0 Å². The van der Waals surface area contributed by atoms with Crippen LogP contribution in [-0.4, -0.2) is 31.6 Å². The summed E-state index contributed by atoms with van der Waals surface area (Å²) in [6, 6.07) is 3.80. The molecule has 1 saturated heterocycles. The Kier molecular flexibility index (Phi) is 6.69. The number of halogens is 3. The minimum atomic E-state index is -0.516. The number of piperidine rings is 1. The Morgan fingerprint density at radius 3 is 2.58 bits per heavy atom. The minimum absolute atomic E-state index is 0. The van der Waals surface area contributed by atoms with Crippen molar-refractivity contribution in [2.75, 3.05) is 26.7 Å². The van der Waals surface area contributed by atoms with Crippen molar-refractivity contribution >= 4 is 12.4 Å². The van der Waals surface area contributed by atoms with E-state index < -0.39 is 11.6 Å². The van der Waals surface area contributed by atoms with Gasteiger partial charge in [-0.3, -0.25) is 0 Å². The van der Waals surface area contributed by atoms with Crippen LogP contribution in [-0.2, 0) is 6.54 Å². The average Bonchev–Trinajstić information content (AvgIpc) is 2.34. The van der Waals surface area contributed by atoms with Gasteiger partial charge < -0.3 is 10.2 Å². The molecule has 1 fully saturated rings. The molecule has 1 aromatic rings. The van der Waals surface area contributed by atoms with Gasteiger partial charge in [-0.2, -0.15) is 0 Å². The van der Waals surface area contributed by atoms with E-state index >= 15 is 0 Å². The SMILES string of the molecule is CN(Cc1ccc(F)cc1F)CC1CCNCC1.Cl. The van der Waals surface area contributed by atoms with Crippen molar-refractivity contribution in [3.63, 3.8) is 0 Å². The van der Waals surface area contributed by atoms with E-state index in [2.05, 4.69) is 10.2 Å². The summed E-state index contributed by atoms with van der Waals surface area (Å²) in [4.78, 5) is 2.12. The van der Waals surface area contributed by atoms with Crippen molar-refractivity contribution in [1.29, 1.82) is 0 Å². The van der Waals surface area contributed by atoms with Gasteiger partial charge in [-0.15, -0.1) is 12.4 Å². The third-order valence-corrected chi connectivity index (χ3v) is 3.48. The highest BCUT2D eigenvalue weighted by Gasteiger charge is 2.15. The van der Waals surface area contributed by atoms with Crippen molar-refractivity contribution in [1.82, 2.24) is 10.2 Å². The Morgan fingerprint density at radius 1 is 1.26 bits per heavy atom. The Labute approximate surface area is 119 Å². The van der Waals surface area contributed by atoms with Crippen molar-refractivity contribution in [3.05, 3.63) is 35.4 Å². The molecule has 1 aromatic carbocycles. The molecule has 2 rings (SSSR count). The smallest absolute Gasteiger partial charge is 0.130 e. The molecular weight excluding hydrogens is 270 g/mol. The zero-order valence-electron chi connectivity index (χ0n) is 11.2. The lowest BCUT2D eigenvalue weighted by atomic mass is 9.97. The molecule has 2 nitrogen and oxygen atoms in total. The summed E-state index contributed by atoms with van der Waals surface area (Å²) in [5.74, 6) is -0.288. The quantitative estimate of drug-likeness (QED) is 0.917. The van der Waals surface area contributed by atoms with Crippen LogP contribution in [0.5, 0.6) is 0 Å². The van der Waals surface area contributed by atoms with Gasteiger partial charge in [0.2, 0.25) is 0 Å². The molecule has 0 bridgehead atoms. The fourth-order valence-corrected chi connectivity index (χ4v) is 2.51. The first-order valence-corrected chi connectivity index (χ1v) is 6.48. The van der Waals surface area contributed by atoms with E-state index in [0.29, 0.717) is 18.0 Å². The molecule has 108 valence electrons. The van der Waals surface area contributed by atoms with E-state index in [9.17, 15) is 8.78 Å². The minimum Gasteiger partial charge on any atom is -0.317 e. The van der Waals surface area contributed by atoms with Crippen molar-refractivity contribution in [2.24, 2.45) is 5.92 Å². The molecule has 1 N–H and O–H groups in total. The molecule has 0 aliphatic carbocycles. The van der Waals surface area contributed by atoms with Gasteiger partial charge in [0.1, 0.15) is 11.6 Å². The van der Waals surface area contributed by atoms with Gasteiger partial charge in [0, 0.05) is 24.7 Å². The second kappa shape index (κ2) is 7.78. The first kappa shape index (κ1) is 16.3. The summed E-state index contributed by atoms with van der Waals surface area (Å²) in [5.41, 5.74) is 0.563. The van der Waals surface area contributed by atoms with Gasteiger partial charge in [0.15, 0.2) is 0 Å². The highest BCUT2D eigenvalue weighted by molar-refractivity contribution is 5.85. The van der Waals surface area contributed by atoms with Gasteiger partial charge in [-0.25, -0.2) is 8.78 Å². The molecule has 0 saturated carbocycles. The maximum atomic E-state index is 13.5. The monoisotopic (exact) mass is 290 g/mol. The predicted octanol–water partition coefficient (Wildman–Crippen LogP) is 2.82. The molecule has 5 heteroatoms.